The molecule has 0 bridgehead atoms. The fourth-order valence-electron chi connectivity index (χ4n) is 8.25. The molecule has 0 unspecified atom stereocenters. The molecule has 0 aliphatic carbocycles. The number of aromatic amines is 2. The van der Waals surface area contributed by atoms with E-state index in [4.69, 9.17) is 28.8 Å². The monoisotopic (exact) mass is 777 g/mol. The molecule has 2 saturated heterocycles. The second-order valence-corrected chi connectivity index (χ2v) is 15.6. The van der Waals surface area contributed by atoms with Crippen LogP contribution in [0.25, 0.3) is 55.3 Å². The van der Waals surface area contributed by atoms with Gasteiger partial charge in [-0.3, -0.25) is 14.6 Å². The summed E-state index contributed by atoms with van der Waals surface area (Å²) in [5.41, 5.74) is 5.10. The number of alkyl carbamates (subject to hydrolysis) is 2. The molecule has 2 aliphatic rings. The third-order valence-electron chi connectivity index (χ3n) is 11.2. The Hall–Kier alpha value is -6.19. The second kappa shape index (κ2) is 15.0. The lowest BCUT2D eigenvalue weighted by molar-refractivity contribution is -0.136. The van der Waals surface area contributed by atoms with Gasteiger partial charge in [0.2, 0.25) is 11.8 Å². The van der Waals surface area contributed by atoms with Gasteiger partial charge in [-0.1, -0.05) is 33.8 Å². The van der Waals surface area contributed by atoms with Crippen LogP contribution >= 0.6 is 0 Å². The fraction of sp³-hybridized carbons (Fsp3) is 0.439. The van der Waals surface area contributed by atoms with Crippen molar-refractivity contribution in [2.24, 2.45) is 11.8 Å². The maximum Gasteiger partial charge on any atom is 0.407 e. The summed E-state index contributed by atoms with van der Waals surface area (Å²) in [6.07, 6.45) is 3.59. The predicted molar refractivity (Wildman–Crippen MR) is 212 cm³/mol. The van der Waals surface area contributed by atoms with Crippen LogP contribution in [0.1, 0.15) is 77.1 Å². The molecular weight excluding hydrogens is 731 g/mol. The first kappa shape index (κ1) is 37.7. The number of nitrogens with one attached hydrogen (secondary N) is 4. The standard InChI is InChI=1S/C41H47N9O7/c1-20(2)30(47-40(53)55-5)38(51)49-15-7-9-27(49)36-43-25-13-11-22-17-24(19-42-32(22)33(25)45-36)29-18-23-12-14-26-34(35(23)57-29)46-37(44-26)28-10-8-16-50(28)39(52)31(21(3)4)48-41(54)56-6/h11-14,17-21,27-28,30-31H,7-10,15-16H2,1-6H3,(H,43,45)(H,44,46)(H,47,53)(H,48,54)/t27-,28-,30-,31-/m0/s1. The maximum absolute atomic E-state index is 13.7. The Balaban J connectivity index is 1.06. The van der Waals surface area contributed by atoms with E-state index in [0.717, 1.165) is 58.6 Å². The summed E-state index contributed by atoms with van der Waals surface area (Å²) in [4.78, 5) is 76.8. The highest BCUT2D eigenvalue weighted by Crippen LogP contribution is 2.38. The molecule has 2 aromatic carbocycles. The molecule has 57 heavy (non-hydrogen) atoms. The first-order chi connectivity index (χ1) is 27.4. The highest BCUT2D eigenvalue weighted by Gasteiger charge is 2.39. The first-order valence-corrected chi connectivity index (χ1v) is 19.5. The van der Waals surface area contributed by atoms with Gasteiger partial charge in [0, 0.05) is 35.6 Å². The number of carbonyl (C=O) groups excluding carboxylic acids is 4. The van der Waals surface area contributed by atoms with Crippen LogP contribution in [0.2, 0.25) is 0 Å². The minimum absolute atomic E-state index is 0.132. The molecule has 2 fully saturated rings. The molecule has 16 heteroatoms. The fourth-order valence-corrected chi connectivity index (χ4v) is 8.25. The lowest BCUT2D eigenvalue weighted by Gasteiger charge is -2.29. The number of H-pyrrole nitrogens is 2. The Morgan fingerprint density at radius 3 is 1.81 bits per heavy atom. The number of methoxy groups -OCH3 is 2. The van der Waals surface area contributed by atoms with Crippen molar-refractivity contribution in [2.45, 2.75) is 77.5 Å². The number of amides is 4. The lowest BCUT2D eigenvalue weighted by Crippen LogP contribution is -2.51. The number of pyridine rings is 1. The zero-order chi connectivity index (χ0) is 40.1. The van der Waals surface area contributed by atoms with E-state index in [9.17, 15) is 19.2 Å². The minimum Gasteiger partial charge on any atom is -0.454 e. The molecule has 4 N–H and O–H groups in total. The molecule has 0 saturated carbocycles. The van der Waals surface area contributed by atoms with Crippen molar-refractivity contribution in [3.05, 3.63) is 54.2 Å². The number of imidazole rings is 2. The SMILES string of the molecule is COC(=O)N[C@H](C(=O)N1CCC[C@H]1c1nc2c(ccc3cc(-c4cc5ccc6[nH]c([C@@H]7CCCN7C(=O)[C@@H](NC(=O)OC)C(C)C)nc6c5o4)cnc32)[nH]1)C(C)C. The number of aromatic nitrogens is 5. The molecule has 4 aromatic heterocycles. The van der Waals surface area contributed by atoms with Crippen molar-refractivity contribution < 1.29 is 33.1 Å². The molecular formula is C41H47N9O7. The second-order valence-electron chi connectivity index (χ2n) is 15.6. The van der Waals surface area contributed by atoms with Gasteiger partial charge in [0.15, 0.2) is 5.58 Å². The van der Waals surface area contributed by atoms with Crippen molar-refractivity contribution in [1.29, 1.82) is 0 Å². The topological polar surface area (TPSA) is 201 Å². The normalized spacial score (nSPS) is 18.3. The average molecular weight is 778 g/mol. The quantitative estimate of drug-likeness (QED) is 0.126. The van der Waals surface area contributed by atoms with Crippen LogP contribution in [0, 0.1) is 11.8 Å². The number of furan rings is 1. The highest BCUT2D eigenvalue weighted by molar-refractivity contribution is 6.04. The van der Waals surface area contributed by atoms with Gasteiger partial charge >= 0.3 is 12.2 Å². The van der Waals surface area contributed by atoms with Gasteiger partial charge in [-0.15, -0.1) is 0 Å². The number of nitrogens with zero attached hydrogens (tertiary/aromatic N) is 5. The van der Waals surface area contributed by atoms with E-state index in [-0.39, 0.29) is 35.7 Å². The van der Waals surface area contributed by atoms with Gasteiger partial charge in [0.1, 0.15) is 40.5 Å². The van der Waals surface area contributed by atoms with Crippen molar-refractivity contribution in [2.75, 3.05) is 27.3 Å². The van der Waals surface area contributed by atoms with Crippen molar-refractivity contribution in [1.82, 2.24) is 45.4 Å². The Morgan fingerprint density at radius 2 is 1.26 bits per heavy atom. The molecule has 2 aliphatic heterocycles. The van der Waals surface area contributed by atoms with Gasteiger partial charge in [0.25, 0.3) is 0 Å². The molecule has 6 heterocycles. The van der Waals surface area contributed by atoms with E-state index < -0.39 is 24.3 Å². The van der Waals surface area contributed by atoms with Crippen LogP contribution in [0.3, 0.4) is 0 Å². The number of ether oxygens (including phenoxy) is 2. The van der Waals surface area contributed by atoms with Crippen molar-refractivity contribution in [3.63, 3.8) is 0 Å². The third kappa shape index (κ3) is 6.86. The summed E-state index contributed by atoms with van der Waals surface area (Å²) in [5, 5.41) is 7.15. The maximum atomic E-state index is 13.7. The summed E-state index contributed by atoms with van der Waals surface area (Å²) < 4.78 is 16.0. The zero-order valence-corrected chi connectivity index (χ0v) is 32.8. The summed E-state index contributed by atoms with van der Waals surface area (Å²) in [5.74, 6) is 1.37. The van der Waals surface area contributed by atoms with E-state index >= 15 is 0 Å². The molecule has 4 amide bonds. The molecule has 16 nitrogen and oxygen atoms in total. The first-order valence-electron chi connectivity index (χ1n) is 19.5. The predicted octanol–water partition coefficient (Wildman–Crippen LogP) is 6.49. The number of fused-ring (bicyclic) bond motifs is 6. The van der Waals surface area contributed by atoms with Crippen molar-refractivity contribution in [3.8, 4) is 11.3 Å². The number of rotatable bonds is 9. The van der Waals surface area contributed by atoms with E-state index in [2.05, 4.69) is 20.6 Å². The molecule has 0 radical (unpaired) electrons. The smallest absolute Gasteiger partial charge is 0.407 e. The van der Waals surface area contributed by atoms with Crippen LogP contribution in [0.15, 0.2) is 47.0 Å². The Bertz CT molecular complexity index is 2520. The molecule has 8 rings (SSSR count). The number of hydrogen-bond acceptors (Lipinski definition) is 10. The Morgan fingerprint density at radius 1 is 0.737 bits per heavy atom. The third-order valence-corrected chi connectivity index (χ3v) is 11.2. The molecule has 298 valence electrons. The summed E-state index contributed by atoms with van der Waals surface area (Å²) in [6.45, 7) is 8.68. The van der Waals surface area contributed by atoms with Gasteiger partial charge in [-0.2, -0.15) is 0 Å². The van der Waals surface area contributed by atoms with E-state index in [0.29, 0.717) is 47.1 Å². The number of likely N-dealkylation sites (tertiary alicyclic amines) is 2. The van der Waals surface area contributed by atoms with E-state index in [1.54, 1.807) is 16.0 Å². The van der Waals surface area contributed by atoms with Crippen LogP contribution in [0.5, 0.6) is 0 Å². The van der Waals surface area contributed by atoms with Crippen molar-refractivity contribution >= 4 is 67.9 Å². The Kier molecular flexibility index (Phi) is 9.96. The van der Waals surface area contributed by atoms with Crippen LogP contribution in [0.4, 0.5) is 9.59 Å². The highest BCUT2D eigenvalue weighted by atomic mass is 16.5. The number of hydrogen-bond donors (Lipinski definition) is 4. The van der Waals surface area contributed by atoms with Gasteiger partial charge in [-0.05, 0) is 67.9 Å². The summed E-state index contributed by atoms with van der Waals surface area (Å²) in [7, 11) is 2.57. The zero-order valence-electron chi connectivity index (χ0n) is 32.8. The van der Waals surface area contributed by atoms with E-state index in [1.807, 2.05) is 64.1 Å². The van der Waals surface area contributed by atoms with Crippen LogP contribution < -0.4 is 10.6 Å². The minimum atomic E-state index is -0.724. The van der Waals surface area contributed by atoms with Crippen LogP contribution in [-0.2, 0) is 19.1 Å². The lowest BCUT2D eigenvalue weighted by atomic mass is 10.0. The molecule has 6 aromatic rings. The molecule has 0 spiro atoms. The number of carbonyl (C=O) groups is 4. The number of benzene rings is 2. The van der Waals surface area contributed by atoms with E-state index in [1.165, 1.54) is 14.2 Å². The van der Waals surface area contributed by atoms with Gasteiger partial charge in [0.05, 0.1) is 42.9 Å². The average Bonchev–Trinajstić information content (AvgIpc) is 4.05. The van der Waals surface area contributed by atoms with Gasteiger partial charge in [-0.25, -0.2) is 19.6 Å². The summed E-state index contributed by atoms with van der Waals surface area (Å²) in [6, 6.07) is 9.90. The molecule has 4 atom stereocenters. The summed E-state index contributed by atoms with van der Waals surface area (Å²) >= 11 is 0. The largest absolute Gasteiger partial charge is 0.454 e. The van der Waals surface area contributed by atoms with Crippen LogP contribution in [-0.4, -0.2) is 98.1 Å². The Labute approximate surface area is 328 Å². The van der Waals surface area contributed by atoms with Gasteiger partial charge < -0.3 is 44.3 Å².